The molecule has 0 saturated carbocycles. The predicted octanol–water partition coefficient (Wildman–Crippen LogP) is 0.341. The van der Waals surface area contributed by atoms with E-state index in [1.807, 2.05) is 39.0 Å². The minimum absolute atomic E-state index is 0. The maximum atomic E-state index is 6.09. The Labute approximate surface area is 161 Å². The van der Waals surface area contributed by atoms with Gasteiger partial charge in [-0.05, 0) is 45.9 Å². The van der Waals surface area contributed by atoms with Gasteiger partial charge in [-0.2, -0.15) is 0 Å². The van der Waals surface area contributed by atoms with Crippen molar-refractivity contribution in [3.05, 3.63) is 38.0 Å². The second-order valence-electron chi connectivity index (χ2n) is 5.21. The third-order valence-electron chi connectivity index (χ3n) is 3.85. The van der Waals surface area contributed by atoms with Crippen LogP contribution in [0.5, 0.6) is 0 Å². The van der Waals surface area contributed by atoms with Crippen LogP contribution in [0.1, 0.15) is 27.7 Å². The smallest absolute Gasteiger partial charge is 0.562 e. The molecule has 0 aliphatic carbocycles. The Hall–Kier alpha value is 0.00688. The van der Waals surface area contributed by atoms with Gasteiger partial charge in [-0.15, -0.1) is 0 Å². The van der Waals surface area contributed by atoms with Gasteiger partial charge in [0.2, 0.25) is 0 Å². The molecule has 23 heavy (non-hydrogen) atoms. The van der Waals surface area contributed by atoms with E-state index >= 15 is 0 Å². The van der Waals surface area contributed by atoms with E-state index in [9.17, 15) is 0 Å². The number of quaternary nitrogens is 1. The van der Waals surface area contributed by atoms with Gasteiger partial charge in [0.25, 0.3) is 0 Å². The Morgan fingerprint density at radius 2 is 1.13 bits per heavy atom. The molecule has 0 aliphatic heterocycles. The van der Waals surface area contributed by atoms with Gasteiger partial charge in [-0.3, -0.25) is 0 Å². The molecule has 0 radical (unpaired) electrons. The van der Waals surface area contributed by atoms with Crippen LogP contribution in [0.3, 0.4) is 0 Å². The highest BCUT2D eigenvalue weighted by Gasteiger charge is 2.56. The molecule has 1 atom stereocenters. The summed E-state index contributed by atoms with van der Waals surface area (Å²) in [6.07, 6.45) is 5.81. The second-order valence-corrected chi connectivity index (χ2v) is 8.12. The van der Waals surface area contributed by atoms with Crippen molar-refractivity contribution in [2.24, 2.45) is 0 Å². The van der Waals surface area contributed by atoms with E-state index in [-0.39, 0.29) is 29.6 Å². The first-order chi connectivity index (χ1) is 10.5. The number of rotatable bonds is 14. The quantitative estimate of drug-likeness (QED) is 0.164. The fourth-order valence-electron chi connectivity index (χ4n) is 2.90. The molecule has 4 nitrogen and oxygen atoms in total. The van der Waals surface area contributed by atoms with E-state index in [1.165, 1.54) is 0 Å². The summed E-state index contributed by atoms with van der Waals surface area (Å²) < 4.78 is 19.0. The molecule has 136 valence electrons. The summed E-state index contributed by atoms with van der Waals surface area (Å²) in [5.74, 6) is 0. The molecule has 0 aromatic carbocycles. The molecule has 0 amide bonds. The number of halogens is 1. The van der Waals surface area contributed by atoms with E-state index in [0.29, 0.717) is 24.3 Å². The zero-order valence-electron chi connectivity index (χ0n) is 15.2. The molecule has 0 fully saturated rings. The van der Waals surface area contributed by atoms with Gasteiger partial charge >= 0.3 is 8.80 Å². The Morgan fingerprint density at radius 3 is 1.35 bits per heavy atom. The zero-order valence-corrected chi connectivity index (χ0v) is 18.4. The van der Waals surface area contributed by atoms with Crippen molar-refractivity contribution in [3.8, 4) is 0 Å². The molecule has 0 N–H and O–H groups in total. The van der Waals surface area contributed by atoms with Crippen LogP contribution in [-0.4, -0.2) is 58.4 Å². The summed E-state index contributed by atoms with van der Waals surface area (Å²) >= 11 is 0. The molecule has 6 heteroatoms. The first-order valence-corrected chi connectivity index (χ1v) is 9.92. The third kappa shape index (κ3) is 6.79. The minimum atomic E-state index is -2.82. The first kappa shape index (κ1) is 25.2. The Bertz CT molecular complexity index is 309. The summed E-state index contributed by atoms with van der Waals surface area (Å²) in [7, 11) is -2.82. The lowest BCUT2D eigenvalue weighted by atomic mass is 10.3. The SMILES string of the molecule is C=CC[N+](CC=C)(CC=C)C(C)[Si](OCC)(OCC)OCC.[I-]. The van der Waals surface area contributed by atoms with E-state index in [0.717, 1.165) is 19.6 Å². The Balaban J connectivity index is 0. The van der Waals surface area contributed by atoms with Crippen molar-refractivity contribution in [1.29, 1.82) is 0 Å². The predicted molar refractivity (Wildman–Crippen MR) is 95.5 cm³/mol. The van der Waals surface area contributed by atoms with Crippen LogP contribution in [0.15, 0.2) is 38.0 Å². The van der Waals surface area contributed by atoms with Gasteiger partial charge in [0.05, 0.1) is 19.6 Å². The number of hydrogen-bond donors (Lipinski definition) is 0. The molecular formula is C17H34INO3Si. The molecule has 0 aliphatic rings. The van der Waals surface area contributed by atoms with Crippen molar-refractivity contribution in [3.63, 3.8) is 0 Å². The van der Waals surface area contributed by atoms with Crippen molar-refractivity contribution in [2.75, 3.05) is 39.5 Å². The Kier molecular flexibility index (Phi) is 14.6. The van der Waals surface area contributed by atoms with Crippen LogP contribution in [-0.2, 0) is 13.3 Å². The maximum Gasteiger partial charge on any atom is 0.562 e. The molecule has 0 spiro atoms. The normalized spacial score (nSPS) is 13.0. The van der Waals surface area contributed by atoms with Gasteiger partial charge in [0, 0.05) is 19.8 Å². The van der Waals surface area contributed by atoms with Gasteiger partial charge in [-0.25, -0.2) is 0 Å². The molecule has 0 bridgehead atoms. The summed E-state index contributed by atoms with van der Waals surface area (Å²) in [5, 5.41) is 0. The van der Waals surface area contributed by atoms with Crippen LogP contribution in [0.25, 0.3) is 0 Å². The lowest BCUT2D eigenvalue weighted by molar-refractivity contribution is -0.925. The van der Waals surface area contributed by atoms with Gasteiger partial charge in [0.15, 0.2) is 5.67 Å². The number of hydrogen-bond acceptors (Lipinski definition) is 3. The first-order valence-electron chi connectivity index (χ1n) is 8.12. The molecular weight excluding hydrogens is 421 g/mol. The van der Waals surface area contributed by atoms with Crippen LogP contribution in [0, 0.1) is 0 Å². The topological polar surface area (TPSA) is 27.7 Å². The van der Waals surface area contributed by atoms with Crippen molar-refractivity contribution in [1.82, 2.24) is 0 Å². The van der Waals surface area contributed by atoms with Crippen LogP contribution in [0.4, 0.5) is 0 Å². The van der Waals surface area contributed by atoms with Crippen molar-refractivity contribution >= 4 is 8.80 Å². The van der Waals surface area contributed by atoms with Crippen molar-refractivity contribution in [2.45, 2.75) is 33.4 Å². The van der Waals surface area contributed by atoms with E-state index in [2.05, 4.69) is 26.7 Å². The summed E-state index contributed by atoms with van der Waals surface area (Å²) in [5.41, 5.74) is 0.0707. The van der Waals surface area contributed by atoms with Crippen molar-refractivity contribution < 1.29 is 41.7 Å². The minimum Gasteiger partial charge on any atom is -1.00 e. The average Bonchev–Trinajstić information content (AvgIpc) is 2.48. The molecule has 0 saturated heterocycles. The van der Waals surface area contributed by atoms with E-state index in [4.69, 9.17) is 13.3 Å². The lowest BCUT2D eigenvalue weighted by Gasteiger charge is -2.46. The second kappa shape index (κ2) is 13.3. The summed E-state index contributed by atoms with van der Waals surface area (Å²) in [6, 6.07) is 0. The third-order valence-corrected chi connectivity index (χ3v) is 7.49. The molecule has 1 unspecified atom stereocenters. The fourth-order valence-corrected chi connectivity index (χ4v) is 6.06. The lowest BCUT2D eigenvalue weighted by Crippen LogP contribution is -3.00. The maximum absolute atomic E-state index is 6.09. The van der Waals surface area contributed by atoms with E-state index in [1.54, 1.807) is 0 Å². The monoisotopic (exact) mass is 455 g/mol. The molecule has 0 rings (SSSR count). The van der Waals surface area contributed by atoms with E-state index < -0.39 is 8.80 Å². The van der Waals surface area contributed by atoms with Gasteiger partial charge in [-0.1, -0.05) is 19.7 Å². The molecule has 0 heterocycles. The highest BCUT2D eigenvalue weighted by atomic mass is 127. The van der Waals surface area contributed by atoms with Crippen LogP contribution < -0.4 is 24.0 Å². The standard InChI is InChI=1S/C17H34NO3Si.HI/c1-8-14-18(15-9-2,16-10-3)17(7)22(19-11-4,20-12-5)21-13-6;/h8-10,17H,1-3,11-16H2,4-7H3;1H/q+1;/p-1. The molecule has 0 aromatic heterocycles. The summed E-state index contributed by atoms with van der Waals surface area (Å²) in [4.78, 5) is 0. The average molecular weight is 455 g/mol. The zero-order chi connectivity index (χ0) is 17.1. The Morgan fingerprint density at radius 1 is 0.826 bits per heavy atom. The largest absolute Gasteiger partial charge is 1.00 e. The van der Waals surface area contributed by atoms with Gasteiger partial charge in [0.1, 0.15) is 0 Å². The highest BCUT2D eigenvalue weighted by molar-refractivity contribution is 6.62. The summed E-state index contributed by atoms with van der Waals surface area (Å²) in [6.45, 7) is 24.0. The number of nitrogens with zero attached hydrogens (tertiary/aromatic N) is 1. The van der Waals surface area contributed by atoms with Gasteiger partial charge < -0.3 is 41.7 Å². The molecule has 0 aromatic rings. The fraction of sp³-hybridized carbons (Fsp3) is 0.647. The highest BCUT2D eigenvalue weighted by Crippen LogP contribution is 2.27. The van der Waals surface area contributed by atoms with Crippen LogP contribution >= 0.6 is 0 Å². The van der Waals surface area contributed by atoms with Crippen LogP contribution in [0.2, 0.25) is 0 Å².